The normalized spacial score (nSPS) is 22.9. The quantitative estimate of drug-likeness (QED) is 0.344. The first kappa shape index (κ1) is 23.8. The van der Waals surface area contributed by atoms with Gasteiger partial charge in [0.15, 0.2) is 5.96 Å². The SMILES string of the molecule is CN=C(NCC1(SC)CCOCC1)NC1CCCN(Cc2ccccc2)C1.I. The first-order valence-corrected chi connectivity index (χ1v) is 11.3. The molecule has 2 aliphatic rings. The summed E-state index contributed by atoms with van der Waals surface area (Å²) in [4.78, 5) is 7.02. The molecule has 28 heavy (non-hydrogen) atoms. The lowest BCUT2D eigenvalue weighted by atomic mass is 9.99. The van der Waals surface area contributed by atoms with Gasteiger partial charge in [0.25, 0.3) is 0 Å². The number of aliphatic imine (C=N–C) groups is 1. The Kier molecular flexibility index (Phi) is 10.4. The summed E-state index contributed by atoms with van der Waals surface area (Å²) in [5.41, 5.74) is 1.39. The van der Waals surface area contributed by atoms with Crippen molar-refractivity contribution in [2.75, 3.05) is 46.2 Å². The van der Waals surface area contributed by atoms with Crippen LogP contribution in [0.15, 0.2) is 35.3 Å². The Bertz CT molecular complexity index is 595. The Labute approximate surface area is 191 Å². The van der Waals surface area contributed by atoms with E-state index in [2.05, 4.69) is 57.1 Å². The average molecular weight is 519 g/mol. The Hall–Kier alpha value is -0.510. The molecule has 1 atom stereocenters. The van der Waals surface area contributed by atoms with Gasteiger partial charge in [0.05, 0.1) is 0 Å². The molecule has 2 fully saturated rings. The van der Waals surface area contributed by atoms with Crippen LogP contribution < -0.4 is 10.6 Å². The van der Waals surface area contributed by atoms with Gasteiger partial charge in [-0.2, -0.15) is 11.8 Å². The van der Waals surface area contributed by atoms with Crippen molar-refractivity contribution in [2.24, 2.45) is 4.99 Å². The summed E-state index contributed by atoms with van der Waals surface area (Å²) in [6, 6.07) is 11.2. The molecule has 0 aromatic heterocycles. The van der Waals surface area contributed by atoms with Crippen LogP contribution in [0.25, 0.3) is 0 Å². The lowest BCUT2D eigenvalue weighted by Crippen LogP contribution is -2.53. The molecular formula is C21H35IN4OS. The molecule has 1 aromatic rings. The van der Waals surface area contributed by atoms with E-state index in [1.807, 2.05) is 18.8 Å². The molecule has 0 saturated carbocycles. The number of halogens is 1. The van der Waals surface area contributed by atoms with Crippen molar-refractivity contribution < 1.29 is 4.74 Å². The van der Waals surface area contributed by atoms with E-state index in [-0.39, 0.29) is 28.7 Å². The summed E-state index contributed by atoms with van der Waals surface area (Å²) < 4.78 is 5.82. The van der Waals surface area contributed by atoms with Crippen LogP contribution in [0.1, 0.15) is 31.2 Å². The molecule has 2 aliphatic heterocycles. The summed E-state index contributed by atoms with van der Waals surface area (Å²) in [6.07, 6.45) is 6.85. The number of guanidine groups is 1. The Morgan fingerprint density at radius 2 is 2.04 bits per heavy atom. The lowest BCUT2D eigenvalue weighted by Gasteiger charge is -2.37. The molecule has 2 heterocycles. The topological polar surface area (TPSA) is 48.9 Å². The van der Waals surface area contributed by atoms with E-state index in [1.165, 1.54) is 24.9 Å². The maximum atomic E-state index is 5.55. The third kappa shape index (κ3) is 7.07. The third-order valence-electron chi connectivity index (χ3n) is 5.73. The van der Waals surface area contributed by atoms with Gasteiger partial charge in [-0.1, -0.05) is 30.3 Å². The van der Waals surface area contributed by atoms with Gasteiger partial charge in [-0.15, -0.1) is 24.0 Å². The molecule has 2 N–H and O–H groups in total. The monoisotopic (exact) mass is 518 g/mol. The van der Waals surface area contributed by atoms with Gasteiger partial charge < -0.3 is 15.4 Å². The standard InChI is InChI=1S/C21H34N4OS.HI/c1-22-20(23-17-21(27-2)10-13-26-14-11-21)24-19-9-6-12-25(16-19)15-18-7-4-3-5-8-18;/h3-5,7-8,19H,6,9-17H2,1-2H3,(H2,22,23,24);1H. The summed E-state index contributed by atoms with van der Waals surface area (Å²) >= 11 is 1.96. The highest BCUT2D eigenvalue weighted by molar-refractivity contribution is 14.0. The van der Waals surface area contributed by atoms with Crippen LogP contribution in [0.5, 0.6) is 0 Å². The van der Waals surface area contributed by atoms with E-state index >= 15 is 0 Å². The molecule has 0 radical (unpaired) electrons. The highest BCUT2D eigenvalue weighted by atomic mass is 127. The number of nitrogens with zero attached hydrogens (tertiary/aromatic N) is 2. The molecule has 2 saturated heterocycles. The Morgan fingerprint density at radius 1 is 1.29 bits per heavy atom. The molecular weight excluding hydrogens is 483 g/mol. The number of hydrogen-bond donors (Lipinski definition) is 2. The lowest BCUT2D eigenvalue weighted by molar-refractivity contribution is 0.0782. The highest BCUT2D eigenvalue weighted by Gasteiger charge is 2.32. The zero-order valence-electron chi connectivity index (χ0n) is 17.2. The van der Waals surface area contributed by atoms with Crippen molar-refractivity contribution in [3.63, 3.8) is 0 Å². The largest absolute Gasteiger partial charge is 0.381 e. The smallest absolute Gasteiger partial charge is 0.191 e. The van der Waals surface area contributed by atoms with Crippen LogP contribution in [0.2, 0.25) is 0 Å². The summed E-state index contributed by atoms with van der Waals surface area (Å²) in [5.74, 6) is 0.932. The van der Waals surface area contributed by atoms with Crippen LogP contribution in [-0.4, -0.2) is 67.8 Å². The molecule has 5 nitrogen and oxygen atoms in total. The van der Waals surface area contributed by atoms with Gasteiger partial charge in [0.2, 0.25) is 0 Å². The van der Waals surface area contributed by atoms with Gasteiger partial charge >= 0.3 is 0 Å². The van der Waals surface area contributed by atoms with E-state index in [0.717, 1.165) is 51.6 Å². The van der Waals surface area contributed by atoms with E-state index in [9.17, 15) is 0 Å². The highest BCUT2D eigenvalue weighted by Crippen LogP contribution is 2.32. The summed E-state index contributed by atoms with van der Waals surface area (Å²) in [7, 11) is 1.87. The van der Waals surface area contributed by atoms with Crippen molar-refractivity contribution in [3.05, 3.63) is 35.9 Å². The minimum absolute atomic E-state index is 0. The first-order chi connectivity index (χ1) is 13.2. The fourth-order valence-corrected chi connectivity index (χ4v) is 4.78. The van der Waals surface area contributed by atoms with E-state index < -0.39 is 0 Å². The van der Waals surface area contributed by atoms with Crippen LogP contribution in [0.4, 0.5) is 0 Å². The summed E-state index contributed by atoms with van der Waals surface area (Å²) in [5, 5.41) is 7.25. The van der Waals surface area contributed by atoms with Crippen molar-refractivity contribution in [3.8, 4) is 0 Å². The number of likely N-dealkylation sites (tertiary alicyclic amines) is 1. The number of rotatable bonds is 6. The van der Waals surface area contributed by atoms with Gasteiger partial charge in [-0.05, 0) is 44.0 Å². The van der Waals surface area contributed by atoms with Gasteiger partial charge in [-0.25, -0.2) is 0 Å². The fourth-order valence-electron chi connectivity index (χ4n) is 3.99. The zero-order chi connectivity index (χ0) is 19.0. The second kappa shape index (κ2) is 12.2. The number of piperidine rings is 1. The number of ether oxygens (including phenoxy) is 1. The molecule has 0 aliphatic carbocycles. The number of thioether (sulfide) groups is 1. The zero-order valence-corrected chi connectivity index (χ0v) is 20.3. The van der Waals surface area contributed by atoms with Gasteiger partial charge in [0.1, 0.15) is 0 Å². The Balaban J connectivity index is 0.00000280. The number of hydrogen-bond acceptors (Lipinski definition) is 4. The molecule has 3 rings (SSSR count). The van der Waals surface area contributed by atoms with Gasteiger partial charge in [0, 0.05) is 50.7 Å². The predicted molar refractivity (Wildman–Crippen MR) is 131 cm³/mol. The molecule has 7 heteroatoms. The second-order valence-corrected chi connectivity index (χ2v) is 8.90. The Morgan fingerprint density at radius 3 is 2.71 bits per heavy atom. The van der Waals surface area contributed by atoms with E-state index in [1.54, 1.807) is 0 Å². The maximum Gasteiger partial charge on any atom is 0.191 e. The van der Waals surface area contributed by atoms with Crippen molar-refractivity contribution >= 4 is 41.7 Å². The van der Waals surface area contributed by atoms with Crippen LogP contribution >= 0.6 is 35.7 Å². The predicted octanol–water partition coefficient (Wildman–Crippen LogP) is 3.35. The van der Waals surface area contributed by atoms with Crippen molar-refractivity contribution in [2.45, 2.75) is 43.0 Å². The number of benzene rings is 1. The molecule has 0 amide bonds. The molecule has 158 valence electrons. The van der Waals surface area contributed by atoms with Crippen molar-refractivity contribution in [1.82, 2.24) is 15.5 Å². The van der Waals surface area contributed by atoms with Crippen molar-refractivity contribution in [1.29, 1.82) is 0 Å². The molecule has 1 aromatic carbocycles. The minimum Gasteiger partial charge on any atom is -0.381 e. The number of nitrogens with one attached hydrogen (secondary N) is 2. The van der Waals surface area contributed by atoms with Crippen LogP contribution in [0, 0.1) is 0 Å². The first-order valence-electron chi connectivity index (χ1n) is 10.1. The molecule has 0 bridgehead atoms. The average Bonchev–Trinajstić information content (AvgIpc) is 2.73. The van der Waals surface area contributed by atoms with E-state index in [4.69, 9.17) is 4.74 Å². The van der Waals surface area contributed by atoms with E-state index in [0.29, 0.717) is 6.04 Å². The van der Waals surface area contributed by atoms with Crippen LogP contribution in [0.3, 0.4) is 0 Å². The van der Waals surface area contributed by atoms with Gasteiger partial charge in [-0.3, -0.25) is 9.89 Å². The summed E-state index contributed by atoms with van der Waals surface area (Å²) in [6.45, 7) is 5.95. The second-order valence-electron chi connectivity index (χ2n) is 7.63. The molecule has 0 spiro atoms. The fraction of sp³-hybridized carbons (Fsp3) is 0.667. The molecule has 1 unspecified atom stereocenters. The minimum atomic E-state index is 0. The van der Waals surface area contributed by atoms with Crippen LogP contribution in [-0.2, 0) is 11.3 Å². The third-order valence-corrected chi connectivity index (χ3v) is 7.15. The maximum absolute atomic E-state index is 5.55.